The van der Waals surface area contributed by atoms with Crippen molar-refractivity contribution in [2.75, 3.05) is 32.7 Å². The summed E-state index contributed by atoms with van der Waals surface area (Å²) in [6.07, 6.45) is 5.75. The van der Waals surface area contributed by atoms with Gasteiger partial charge in [0.05, 0.1) is 12.1 Å². The topological polar surface area (TPSA) is 69.8 Å². The van der Waals surface area contributed by atoms with E-state index in [1.54, 1.807) is 11.0 Å². The highest BCUT2D eigenvalue weighted by atomic mass is 16.5. The van der Waals surface area contributed by atoms with Crippen LogP contribution in [0, 0.1) is 0 Å². The molecule has 1 aromatic rings. The second kappa shape index (κ2) is 7.01. The van der Waals surface area contributed by atoms with Gasteiger partial charge in [0.2, 0.25) is 0 Å². The van der Waals surface area contributed by atoms with Crippen LogP contribution in [-0.4, -0.2) is 64.3 Å². The molecule has 1 amide bonds. The van der Waals surface area contributed by atoms with E-state index in [-0.39, 0.29) is 5.91 Å². The quantitative estimate of drug-likeness (QED) is 0.894. The summed E-state index contributed by atoms with van der Waals surface area (Å²) in [6.45, 7) is 5.90. The standard InChI is InChI=1S/C17H27N3O3/c1-2-6-14-11-15(18-23-14)16(21)20-10-5-7-17(22,13-20)12-19-8-3-4-9-19/h11,22H,2-10,12-13H2,1H3/t17-/m1/s1. The van der Waals surface area contributed by atoms with Crippen molar-refractivity contribution < 1.29 is 14.4 Å². The lowest BCUT2D eigenvalue weighted by Gasteiger charge is -2.40. The number of hydrogen-bond acceptors (Lipinski definition) is 5. The molecule has 2 aliphatic heterocycles. The summed E-state index contributed by atoms with van der Waals surface area (Å²) >= 11 is 0. The van der Waals surface area contributed by atoms with Gasteiger partial charge in [-0.1, -0.05) is 12.1 Å². The molecular formula is C17H27N3O3. The molecule has 6 nitrogen and oxygen atoms in total. The summed E-state index contributed by atoms with van der Waals surface area (Å²) < 4.78 is 5.21. The number of piperidine rings is 1. The summed E-state index contributed by atoms with van der Waals surface area (Å²) in [7, 11) is 0. The number of amides is 1. The number of carbonyl (C=O) groups excluding carboxylic acids is 1. The van der Waals surface area contributed by atoms with Crippen molar-refractivity contribution in [3.05, 3.63) is 17.5 Å². The van der Waals surface area contributed by atoms with E-state index in [1.807, 2.05) is 0 Å². The first-order chi connectivity index (χ1) is 11.1. The Labute approximate surface area is 137 Å². The fraction of sp³-hybridized carbons (Fsp3) is 0.765. The largest absolute Gasteiger partial charge is 0.387 e. The van der Waals surface area contributed by atoms with Gasteiger partial charge in [0, 0.05) is 25.6 Å². The fourth-order valence-electron chi connectivity index (χ4n) is 3.71. The summed E-state index contributed by atoms with van der Waals surface area (Å²) in [5, 5.41) is 14.8. The first-order valence-electron chi connectivity index (χ1n) is 8.79. The Kier molecular flexibility index (Phi) is 5.02. The van der Waals surface area contributed by atoms with E-state index in [9.17, 15) is 9.90 Å². The molecular weight excluding hydrogens is 294 g/mol. The number of aromatic nitrogens is 1. The molecule has 3 heterocycles. The van der Waals surface area contributed by atoms with Crippen LogP contribution < -0.4 is 0 Å². The van der Waals surface area contributed by atoms with Crippen molar-refractivity contribution in [2.45, 2.75) is 51.0 Å². The van der Waals surface area contributed by atoms with E-state index in [4.69, 9.17) is 4.52 Å². The zero-order chi connectivity index (χ0) is 16.3. The molecule has 0 unspecified atom stereocenters. The van der Waals surface area contributed by atoms with Gasteiger partial charge in [0.1, 0.15) is 5.76 Å². The van der Waals surface area contributed by atoms with E-state index in [1.165, 1.54) is 12.8 Å². The summed E-state index contributed by atoms with van der Waals surface area (Å²) in [5.41, 5.74) is -0.437. The van der Waals surface area contributed by atoms with Crippen molar-refractivity contribution in [3.8, 4) is 0 Å². The molecule has 2 aliphatic rings. The highest BCUT2D eigenvalue weighted by molar-refractivity contribution is 5.92. The predicted octanol–water partition coefficient (Wildman–Crippen LogP) is 1.69. The minimum absolute atomic E-state index is 0.129. The minimum Gasteiger partial charge on any atom is -0.387 e. The van der Waals surface area contributed by atoms with Crippen LogP contribution in [0.3, 0.4) is 0 Å². The number of aliphatic hydroxyl groups is 1. The molecule has 6 heteroatoms. The zero-order valence-electron chi connectivity index (χ0n) is 14.0. The molecule has 1 aromatic heterocycles. The maximum Gasteiger partial charge on any atom is 0.276 e. The molecule has 23 heavy (non-hydrogen) atoms. The number of hydrogen-bond donors (Lipinski definition) is 1. The lowest BCUT2D eigenvalue weighted by molar-refractivity contribution is -0.0433. The van der Waals surface area contributed by atoms with Crippen LogP contribution in [0.15, 0.2) is 10.6 Å². The number of likely N-dealkylation sites (tertiary alicyclic amines) is 2. The maximum absolute atomic E-state index is 12.6. The van der Waals surface area contributed by atoms with Gasteiger partial charge in [0.15, 0.2) is 5.69 Å². The van der Waals surface area contributed by atoms with Gasteiger partial charge in [0.25, 0.3) is 5.91 Å². The third-order valence-electron chi connectivity index (χ3n) is 4.83. The Morgan fingerprint density at radius 1 is 1.35 bits per heavy atom. The van der Waals surface area contributed by atoms with E-state index >= 15 is 0 Å². The molecule has 0 aromatic carbocycles. The molecule has 128 valence electrons. The molecule has 0 radical (unpaired) electrons. The lowest BCUT2D eigenvalue weighted by atomic mass is 9.92. The smallest absolute Gasteiger partial charge is 0.276 e. The first kappa shape index (κ1) is 16.5. The Morgan fingerprint density at radius 3 is 2.87 bits per heavy atom. The Hall–Kier alpha value is -1.40. The molecule has 2 fully saturated rings. The number of carbonyl (C=O) groups is 1. The second-order valence-electron chi connectivity index (χ2n) is 6.97. The van der Waals surface area contributed by atoms with E-state index in [0.717, 1.165) is 44.5 Å². The van der Waals surface area contributed by atoms with Gasteiger partial charge < -0.3 is 19.4 Å². The maximum atomic E-state index is 12.6. The average Bonchev–Trinajstić information content (AvgIpc) is 3.18. The Balaban J connectivity index is 1.63. The minimum atomic E-state index is -0.797. The van der Waals surface area contributed by atoms with Gasteiger partial charge >= 0.3 is 0 Å². The average molecular weight is 321 g/mol. The first-order valence-corrected chi connectivity index (χ1v) is 8.79. The van der Waals surface area contributed by atoms with Crippen LogP contribution in [0.2, 0.25) is 0 Å². The molecule has 0 bridgehead atoms. The summed E-state index contributed by atoms with van der Waals surface area (Å²) in [5.74, 6) is 0.621. The SMILES string of the molecule is CCCc1cc(C(=O)N2CCC[C@@](O)(CN3CCCC3)C2)no1. The van der Waals surface area contributed by atoms with Crippen LogP contribution >= 0.6 is 0 Å². The van der Waals surface area contributed by atoms with Crippen molar-refractivity contribution in [3.63, 3.8) is 0 Å². The summed E-state index contributed by atoms with van der Waals surface area (Å²) in [4.78, 5) is 16.7. The second-order valence-corrected chi connectivity index (χ2v) is 6.97. The number of aryl methyl sites for hydroxylation is 1. The highest BCUT2D eigenvalue weighted by Gasteiger charge is 2.38. The molecule has 3 rings (SSSR count). The molecule has 1 atom stereocenters. The van der Waals surface area contributed by atoms with Gasteiger partial charge in [-0.3, -0.25) is 4.79 Å². The van der Waals surface area contributed by atoms with E-state index in [0.29, 0.717) is 25.3 Å². The predicted molar refractivity (Wildman–Crippen MR) is 86.3 cm³/mol. The molecule has 0 spiro atoms. The molecule has 0 saturated carbocycles. The normalized spacial score (nSPS) is 25.9. The number of nitrogens with zero attached hydrogens (tertiary/aromatic N) is 3. The van der Waals surface area contributed by atoms with Crippen molar-refractivity contribution in [1.82, 2.24) is 15.0 Å². The van der Waals surface area contributed by atoms with Crippen molar-refractivity contribution in [2.24, 2.45) is 0 Å². The number of β-amino-alcohol motifs (C(OH)–C–C–N with tert-alkyl or cyclic N) is 1. The lowest BCUT2D eigenvalue weighted by Crippen LogP contribution is -2.55. The third-order valence-corrected chi connectivity index (χ3v) is 4.83. The third kappa shape index (κ3) is 3.93. The monoisotopic (exact) mass is 321 g/mol. The highest BCUT2D eigenvalue weighted by Crippen LogP contribution is 2.25. The Morgan fingerprint density at radius 2 is 2.13 bits per heavy atom. The van der Waals surface area contributed by atoms with Crippen LogP contribution in [0.5, 0.6) is 0 Å². The van der Waals surface area contributed by atoms with Crippen LogP contribution in [0.25, 0.3) is 0 Å². The molecule has 1 N–H and O–H groups in total. The zero-order valence-corrected chi connectivity index (χ0v) is 14.0. The molecule has 0 aliphatic carbocycles. The van der Waals surface area contributed by atoms with Gasteiger partial charge in [-0.2, -0.15) is 0 Å². The van der Waals surface area contributed by atoms with Crippen molar-refractivity contribution in [1.29, 1.82) is 0 Å². The van der Waals surface area contributed by atoms with E-state index < -0.39 is 5.60 Å². The number of rotatable bonds is 5. The van der Waals surface area contributed by atoms with Gasteiger partial charge in [-0.05, 0) is 45.2 Å². The van der Waals surface area contributed by atoms with Crippen molar-refractivity contribution >= 4 is 5.91 Å². The Bertz CT molecular complexity index is 539. The van der Waals surface area contributed by atoms with Crippen LogP contribution in [-0.2, 0) is 6.42 Å². The van der Waals surface area contributed by atoms with Crippen LogP contribution in [0.4, 0.5) is 0 Å². The van der Waals surface area contributed by atoms with Crippen LogP contribution in [0.1, 0.15) is 55.3 Å². The fourth-order valence-corrected chi connectivity index (χ4v) is 3.71. The van der Waals surface area contributed by atoms with Gasteiger partial charge in [-0.25, -0.2) is 0 Å². The summed E-state index contributed by atoms with van der Waals surface area (Å²) in [6, 6.07) is 1.74. The van der Waals surface area contributed by atoms with Gasteiger partial charge in [-0.15, -0.1) is 0 Å². The van der Waals surface area contributed by atoms with E-state index in [2.05, 4.69) is 17.0 Å². The molecule has 2 saturated heterocycles.